The number of hydrogen-bond acceptors (Lipinski definition) is 3. The number of para-hydroxylation sites is 1. The van der Waals surface area contributed by atoms with E-state index in [2.05, 4.69) is 5.32 Å². The number of aryl methyl sites for hydroxylation is 2. The molecule has 0 saturated carbocycles. The van der Waals surface area contributed by atoms with Gasteiger partial charge in [0.15, 0.2) is 14.3 Å². The molecule has 17 heteroatoms. The van der Waals surface area contributed by atoms with Crippen LogP contribution in [-0.4, -0.2) is 5.52 Å². The van der Waals surface area contributed by atoms with E-state index in [9.17, 15) is 52.7 Å². The van der Waals surface area contributed by atoms with Gasteiger partial charge in [0.25, 0.3) is 0 Å². The Labute approximate surface area is 300 Å². The molecule has 0 aliphatic rings. The topological polar surface area (TPSA) is 46.2 Å². The lowest BCUT2D eigenvalue weighted by Crippen LogP contribution is -2.38. The first kappa shape index (κ1) is 40.7. The molecule has 0 amide bonds. The van der Waals surface area contributed by atoms with Crippen molar-refractivity contribution in [3.63, 3.8) is 0 Å². The Morgan fingerprint density at radius 2 is 0.630 bits per heavy atom. The van der Waals surface area contributed by atoms with E-state index in [1.165, 1.54) is 0 Å². The van der Waals surface area contributed by atoms with Gasteiger partial charge >= 0.3 is 24.7 Å². The zero-order chi connectivity index (χ0) is 40.1. The zero-order valence-electron chi connectivity index (χ0n) is 27.8. The maximum Gasteiger partial charge on any atom is 0.416 e. The van der Waals surface area contributed by atoms with Crippen molar-refractivity contribution in [1.29, 1.82) is 0 Å². The van der Waals surface area contributed by atoms with E-state index < -0.39 is 88.0 Å². The number of benzene rings is 5. The first-order valence-corrected chi connectivity index (χ1v) is 19.2. The summed E-state index contributed by atoms with van der Waals surface area (Å²) in [6, 6.07) is 15.4. The summed E-state index contributed by atoms with van der Waals surface area (Å²) in [4.78, 5) is 0. The van der Waals surface area contributed by atoms with Crippen molar-refractivity contribution in [2.24, 2.45) is 0 Å². The minimum atomic E-state index is -4.98. The summed E-state index contributed by atoms with van der Waals surface area (Å²) < 4.78 is 197. The molecule has 5 rings (SSSR count). The SMILES string of the molecule is Cc1cccc(C)c1NC(P(=O)(c1ccc(C(F)(F)F)cc1)c1ccc(C(F)(F)F)cc1)P(=O)(c1ccc(C(F)(F)F)cc1)c1ccc(C(F)(F)F)cc1. The maximum absolute atomic E-state index is 16.2. The molecule has 0 spiro atoms. The largest absolute Gasteiger partial charge is 0.416 e. The second kappa shape index (κ2) is 14.3. The van der Waals surface area contributed by atoms with Gasteiger partial charge in [-0.1, -0.05) is 66.7 Å². The molecule has 0 fully saturated rings. The Morgan fingerprint density at radius 1 is 0.407 bits per heavy atom. The van der Waals surface area contributed by atoms with Crippen LogP contribution < -0.4 is 26.5 Å². The van der Waals surface area contributed by atoms with Gasteiger partial charge in [-0.3, -0.25) is 0 Å². The molecule has 0 aliphatic carbocycles. The lowest BCUT2D eigenvalue weighted by atomic mass is 10.1. The van der Waals surface area contributed by atoms with E-state index in [0.717, 1.165) is 48.5 Å². The van der Waals surface area contributed by atoms with E-state index >= 15 is 9.13 Å². The molecule has 0 heterocycles. The summed E-state index contributed by atoms with van der Waals surface area (Å²) in [5.74, 6) is 0. The molecule has 3 nitrogen and oxygen atoms in total. The smallest absolute Gasteiger partial charge is 0.368 e. The molecular weight excluding hydrogens is 780 g/mol. The number of alkyl halides is 12. The van der Waals surface area contributed by atoms with Crippen LogP contribution in [0, 0.1) is 13.8 Å². The van der Waals surface area contributed by atoms with Crippen molar-refractivity contribution in [2.75, 3.05) is 5.32 Å². The first-order valence-electron chi connectivity index (χ1n) is 15.6. The summed E-state index contributed by atoms with van der Waals surface area (Å²) >= 11 is 0. The molecule has 0 atom stereocenters. The molecule has 0 aliphatic heterocycles. The minimum absolute atomic E-state index is 0.139. The summed E-state index contributed by atoms with van der Waals surface area (Å²) in [5.41, 5.74) is -6.00. The Morgan fingerprint density at radius 3 is 0.833 bits per heavy atom. The second-order valence-corrected chi connectivity index (χ2v) is 18.4. The Kier molecular flexibility index (Phi) is 10.8. The van der Waals surface area contributed by atoms with Crippen LogP contribution in [-0.2, 0) is 33.8 Å². The standard InChI is InChI=1S/C37H27F12NO2P2/c1-22-4-3-5-23(2)32(22)50-33(53(51,28-14-6-24(7-15-28)34(38,39)40)29-16-8-25(9-17-29)35(41,42)43)54(52,30-18-10-26(11-19-30)36(44,45)46)31-20-12-27(13-21-31)37(47,48)49/h3-21,33,50H,1-2H3. The number of anilines is 1. The molecule has 54 heavy (non-hydrogen) atoms. The molecule has 5 aromatic rings. The van der Waals surface area contributed by atoms with Crippen molar-refractivity contribution >= 4 is 41.2 Å². The molecule has 0 aromatic heterocycles. The average molecular weight is 808 g/mol. The van der Waals surface area contributed by atoms with Crippen LogP contribution in [0.15, 0.2) is 115 Å². The van der Waals surface area contributed by atoms with Crippen molar-refractivity contribution in [3.8, 4) is 0 Å². The lowest BCUT2D eigenvalue weighted by molar-refractivity contribution is -0.138. The highest BCUT2D eigenvalue weighted by molar-refractivity contribution is 7.95. The Bertz CT molecular complexity index is 1930. The Balaban J connectivity index is 1.94. The van der Waals surface area contributed by atoms with E-state index in [1.54, 1.807) is 32.0 Å². The molecule has 286 valence electrons. The van der Waals surface area contributed by atoms with Crippen molar-refractivity contribution in [2.45, 2.75) is 44.1 Å². The van der Waals surface area contributed by atoms with Gasteiger partial charge in [-0.05, 0) is 73.5 Å². The highest BCUT2D eigenvalue weighted by atomic mass is 31.2. The van der Waals surface area contributed by atoms with Gasteiger partial charge in [-0.15, -0.1) is 0 Å². The molecule has 0 radical (unpaired) electrons. The van der Waals surface area contributed by atoms with Crippen LogP contribution in [0.1, 0.15) is 33.4 Å². The fraction of sp³-hybridized carbons (Fsp3) is 0.189. The normalized spacial score (nSPS) is 13.3. The van der Waals surface area contributed by atoms with Crippen molar-refractivity contribution in [3.05, 3.63) is 149 Å². The zero-order valence-corrected chi connectivity index (χ0v) is 29.6. The maximum atomic E-state index is 16.2. The monoisotopic (exact) mass is 807 g/mol. The number of rotatable bonds is 8. The fourth-order valence-corrected chi connectivity index (χ4v) is 14.1. The molecule has 1 N–H and O–H groups in total. The van der Waals surface area contributed by atoms with Crippen molar-refractivity contribution < 1.29 is 61.8 Å². The van der Waals surface area contributed by atoms with Crippen LogP contribution in [0.2, 0.25) is 0 Å². The minimum Gasteiger partial charge on any atom is -0.368 e. The lowest BCUT2D eigenvalue weighted by Gasteiger charge is -2.37. The fourth-order valence-electron chi connectivity index (χ4n) is 5.93. The van der Waals surface area contributed by atoms with E-state index in [0.29, 0.717) is 59.7 Å². The third kappa shape index (κ3) is 7.98. The van der Waals surface area contributed by atoms with Gasteiger partial charge in [0, 0.05) is 26.9 Å². The second-order valence-electron chi connectivity index (χ2n) is 12.3. The van der Waals surface area contributed by atoms with Gasteiger partial charge in [0.05, 0.1) is 22.3 Å². The van der Waals surface area contributed by atoms with E-state index in [1.807, 2.05) is 0 Å². The molecule has 0 unspecified atom stereocenters. The van der Waals surface area contributed by atoms with Crippen LogP contribution in [0.3, 0.4) is 0 Å². The molecular formula is C37H27F12NO2P2. The van der Waals surface area contributed by atoms with Crippen molar-refractivity contribution in [1.82, 2.24) is 0 Å². The van der Waals surface area contributed by atoms with Gasteiger partial charge in [0.2, 0.25) is 0 Å². The third-order valence-corrected chi connectivity index (χ3v) is 16.6. The highest BCUT2D eigenvalue weighted by Gasteiger charge is 2.51. The Hall–Kier alpha value is -4.48. The molecule has 0 bridgehead atoms. The molecule has 0 saturated heterocycles. The van der Waals surface area contributed by atoms with Crippen LogP contribution in [0.25, 0.3) is 0 Å². The van der Waals surface area contributed by atoms with E-state index in [-0.39, 0.29) is 5.69 Å². The average Bonchev–Trinajstić information content (AvgIpc) is 3.10. The molecule has 5 aromatic carbocycles. The summed E-state index contributed by atoms with van der Waals surface area (Å²) in [5, 5.41) is 1.11. The quantitative estimate of drug-likeness (QED) is 0.125. The van der Waals surface area contributed by atoms with Gasteiger partial charge < -0.3 is 14.4 Å². The van der Waals surface area contributed by atoms with Crippen LogP contribution in [0.5, 0.6) is 0 Å². The summed E-state index contributed by atoms with van der Waals surface area (Å²) in [7, 11) is -9.96. The van der Waals surface area contributed by atoms with Crippen LogP contribution >= 0.6 is 14.3 Å². The van der Waals surface area contributed by atoms with Gasteiger partial charge in [-0.2, -0.15) is 52.7 Å². The number of halogens is 12. The van der Waals surface area contributed by atoms with Crippen LogP contribution in [0.4, 0.5) is 58.4 Å². The van der Waals surface area contributed by atoms with E-state index in [4.69, 9.17) is 0 Å². The highest BCUT2D eigenvalue weighted by Crippen LogP contribution is 2.66. The number of nitrogens with one attached hydrogen (secondary N) is 1. The third-order valence-electron chi connectivity index (χ3n) is 8.76. The predicted octanol–water partition coefficient (Wildman–Crippen LogP) is 11.1. The summed E-state index contributed by atoms with van der Waals surface area (Å²) in [6.07, 6.45) is -19.6. The number of hydrogen-bond donors (Lipinski definition) is 1. The van der Waals surface area contributed by atoms with Gasteiger partial charge in [-0.25, -0.2) is 0 Å². The summed E-state index contributed by atoms with van der Waals surface area (Å²) in [6.45, 7) is 3.13. The van der Waals surface area contributed by atoms with Gasteiger partial charge in [0.1, 0.15) is 5.52 Å². The first-order chi connectivity index (χ1) is 24.9. The predicted molar refractivity (Wildman–Crippen MR) is 183 cm³/mol.